The molecule has 4 heteroatoms. The first-order valence-electron chi connectivity index (χ1n) is 7.45. The van der Waals surface area contributed by atoms with Gasteiger partial charge in [0.2, 0.25) is 0 Å². The molecule has 0 heterocycles. The van der Waals surface area contributed by atoms with Crippen molar-refractivity contribution in [1.29, 1.82) is 0 Å². The first-order valence-corrected chi connectivity index (χ1v) is 7.45. The lowest BCUT2D eigenvalue weighted by atomic mass is 10.1. The summed E-state index contributed by atoms with van der Waals surface area (Å²) in [6.45, 7) is 14.3. The van der Waals surface area contributed by atoms with E-state index in [1.54, 1.807) is 0 Å². The average molecular weight is 295 g/mol. The van der Waals surface area contributed by atoms with Gasteiger partial charge in [-0.2, -0.15) is 0 Å². The minimum absolute atomic E-state index is 0.419. The third-order valence-corrected chi connectivity index (χ3v) is 2.43. The van der Waals surface area contributed by atoms with Gasteiger partial charge in [0.1, 0.15) is 18.0 Å². The Morgan fingerprint density at radius 3 is 2.14 bits per heavy atom. The summed E-state index contributed by atoms with van der Waals surface area (Å²) < 4.78 is 10.8. The molecule has 1 aromatic rings. The van der Waals surface area contributed by atoms with Crippen molar-refractivity contribution in [3.05, 3.63) is 29.3 Å². The van der Waals surface area contributed by atoms with Crippen LogP contribution < -0.4 is 10.1 Å². The molecule has 21 heavy (non-hydrogen) atoms. The fourth-order valence-electron chi connectivity index (χ4n) is 1.65. The number of alkyl carbamates (subject to hydrolysis) is 1. The molecule has 0 fully saturated rings. The van der Waals surface area contributed by atoms with E-state index in [1.165, 1.54) is 0 Å². The van der Waals surface area contributed by atoms with Gasteiger partial charge in [0.15, 0.2) is 0 Å². The van der Waals surface area contributed by atoms with Crippen LogP contribution >= 0.6 is 0 Å². The molecule has 120 valence electrons. The molecule has 0 unspecified atom stereocenters. The monoisotopic (exact) mass is 295 g/mol. The molecule has 0 aliphatic rings. The number of carbonyl (C=O) groups is 1. The van der Waals surface area contributed by atoms with Gasteiger partial charge in [-0.05, 0) is 45.7 Å². The molecule has 0 aromatic heterocycles. The van der Waals surface area contributed by atoms with E-state index in [-0.39, 0.29) is 0 Å². The Kier molecular flexibility index (Phi) is 8.51. The number of aryl methyl sites for hydroxylation is 2. The van der Waals surface area contributed by atoms with E-state index in [9.17, 15) is 4.79 Å². The molecule has 4 nitrogen and oxygen atoms in total. The number of amides is 1. The Hall–Kier alpha value is -1.71. The van der Waals surface area contributed by atoms with E-state index in [0.29, 0.717) is 13.2 Å². The fourth-order valence-corrected chi connectivity index (χ4v) is 1.65. The van der Waals surface area contributed by atoms with Gasteiger partial charge in [0, 0.05) is 0 Å². The molecule has 0 saturated heterocycles. The van der Waals surface area contributed by atoms with Crippen molar-refractivity contribution in [3.8, 4) is 5.75 Å². The lowest BCUT2D eigenvalue weighted by Gasteiger charge is -2.19. The second kappa shape index (κ2) is 9.27. The molecule has 0 aliphatic carbocycles. The van der Waals surface area contributed by atoms with Gasteiger partial charge in [-0.15, -0.1) is 0 Å². The highest BCUT2D eigenvalue weighted by Gasteiger charge is 2.15. The molecule has 1 aromatic carbocycles. The van der Waals surface area contributed by atoms with Crippen LogP contribution in [-0.2, 0) is 4.74 Å². The number of nitrogens with one attached hydrogen (secondary N) is 1. The van der Waals surface area contributed by atoms with Crippen LogP contribution in [0, 0.1) is 13.8 Å². The number of ether oxygens (including phenoxy) is 2. The summed E-state index contributed by atoms with van der Waals surface area (Å²) >= 11 is 0. The van der Waals surface area contributed by atoms with E-state index in [1.807, 2.05) is 66.7 Å². The Labute approximate surface area is 128 Å². The SMILES string of the molecule is CC.Cc1cccc(C)c1OCCNC(=O)OC(C)(C)C. The van der Waals surface area contributed by atoms with Gasteiger partial charge in [-0.3, -0.25) is 0 Å². The Morgan fingerprint density at radius 2 is 1.67 bits per heavy atom. The molecule has 0 saturated carbocycles. The summed E-state index contributed by atoms with van der Waals surface area (Å²) in [5.41, 5.74) is 1.71. The van der Waals surface area contributed by atoms with Crippen LogP contribution in [0.15, 0.2) is 18.2 Å². The zero-order valence-electron chi connectivity index (χ0n) is 14.4. The van der Waals surface area contributed by atoms with Gasteiger partial charge < -0.3 is 14.8 Å². The first kappa shape index (κ1) is 19.3. The summed E-state index contributed by atoms with van der Waals surface area (Å²) in [5, 5.41) is 2.66. The number of carbonyl (C=O) groups excluding carboxylic acids is 1. The maximum atomic E-state index is 11.4. The van der Waals surface area contributed by atoms with E-state index < -0.39 is 11.7 Å². The zero-order chi connectivity index (χ0) is 16.5. The summed E-state index contributed by atoms with van der Waals surface area (Å²) in [6.07, 6.45) is -0.419. The van der Waals surface area contributed by atoms with E-state index >= 15 is 0 Å². The molecule has 0 bridgehead atoms. The van der Waals surface area contributed by atoms with Crippen molar-refractivity contribution in [2.45, 2.75) is 54.1 Å². The van der Waals surface area contributed by atoms with Crippen LogP contribution in [0.25, 0.3) is 0 Å². The van der Waals surface area contributed by atoms with Crippen LogP contribution in [0.5, 0.6) is 5.75 Å². The van der Waals surface area contributed by atoms with Gasteiger partial charge >= 0.3 is 6.09 Å². The van der Waals surface area contributed by atoms with Crippen LogP contribution in [0.1, 0.15) is 45.7 Å². The van der Waals surface area contributed by atoms with E-state index in [4.69, 9.17) is 9.47 Å². The highest BCUT2D eigenvalue weighted by Crippen LogP contribution is 2.21. The van der Waals surface area contributed by atoms with Gasteiger partial charge in [0.25, 0.3) is 0 Å². The number of benzene rings is 1. The second-order valence-corrected chi connectivity index (χ2v) is 5.50. The van der Waals surface area contributed by atoms with Crippen molar-refractivity contribution in [2.75, 3.05) is 13.2 Å². The molecule has 0 atom stereocenters. The molecular weight excluding hydrogens is 266 g/mol. The predicted molar refractivity (Wildman–Crippen MR) is 87.0 cm³/mol. The van der Waals surface area contributed by atoms with Crippen LogP contribution in [0.2, 0.25) is 0 Å². The largest absolute Gasteiger partial charge is 0.491 e. The fraction of sp³-hybridized carbons (Fsp3) is 0.588. The third kappa shape index (κ3) is 8.23. The molecule has 0 aliphatic heterocycles. The van der Waals surface area contributed by atoms with Gasteiger partial charge in [-0.25, -0.2) is 4.79 Å². The van der Waals surface area contributed by atoms with Crippen LogP contribution in [0.3, 0.4) is 0 Å². The highest BCUT2D eigenvalue weighted by atomic mass is 16.6. The standard InChI is InChI=1S/C15H23NO3.C2H6/c1-11-7-6-8-12(2)13(11)18-10-9-16-14(17)19-15(3,4)5;1-2/h6-8H,9-10H2,1-5H3,(H,16,17);1-2H3. The molecule has 1 N–H and O–H groups in total. The summed E-state index contributed by atoms with van der Waals surface area (Å²) in [5.74, 6) is 0.883. The minimum atomic E-state index is -0.475. The van der Waals surface area contributed by atoms with E-state index in [0.717, 1.165) is 16.9 Å². The lowest BCUT2D eigenvalue weighted by molar-refractivity contribution is 0.0520. The first-order chi connectivity index (χ1) is 9.79. The number of rotatable bonds is 4. The normalized spacial score (nSPS) is 10.2. The molecule has 0 radical (unpaired) electrons. The summed E-state index contributed by atoms with van der Waals surface area (Å²) in [6, 6.07) is 6.00. The quantitative estimate of drug-likeness (QED) is 0.845. The van der Waals surface area contributed by atoms with Gasteiger partial charge in [-0.1, -0.05) is 32.0 Å². The van der Waals surface area contributed by atoms with Crippen molar-refractivity contribution in [3.63, 3.8) is 0 Å². The Balaban J connectivity index is 0.00000191. The summed E-state index contributed by atoms with van der Waals surface area (Å²) in [7, 11) is 0. The number of para-hydroxylation sites is 1. The maximum Gasteiger partial charge on any atom is 0.407 e. The van der Waals surface area contributed by atoms with Crippen molar-refractivity contribution in [1.82, 2.24) is 5.32 Å². The third-order valence-electron chi connectivity index (χ3n) is 2.43. The predicted octanol–water partition coefficient (Wildman–Crippen LogP) is 4.23. The zero-order valence-corrected chi connectivity index (χ0v) is 14.4. The molecule has 1 amide bonds. The molecule has 0 spiro atoms. The van der Waals surface area contributed by atoms with Crippen LogP contribution in [-0.4, -0.2) is 24.8 Å². The summed E-state index contributed by atoms with van der Waals surface area (Å²) in [4.78, 5) is 11.4. The Morgan fingerprint density at radius 1 is 1.14 bits per heavy atom. The average Bonchev–Trinajstić information content (AvgIpc) is 2.37. The topological polar surface area (TPSA) is 47.6 Å². The lowest BCUT2D eigenvalue weighted by Crippen LogP contribution is -2.34. The molecular formula is C17H29NO3. The number of hydrogen-bond acceptors (Lipinski definition) is 3. The van der Waals surface area contributed by atoms with Crippen LogP contribution in [0.4, 0.5) is 4.79 Å². The Bertz CT molecular complexity index is 416. The smallest absolute Gasteiger partial charge is 0.407 e. The highest BCUT2D eigenvalue weighted by molar-refractivity contribution is 5.67. The number of hydrogen-bond donors (Lipinski definition) is 1. The van der Waals surface area contributed by atoms with E-state index in [2.05, 4.69) is 5.32 Å². The second-order valence-electron chi connectivity index (χ2n) is 5.50. The van der Waals surface area contributed by atoms with Crippen molar-refractivity contribution >= 4 is 6.09 Å². The minimum Gasteiger partial charge on any atom is -0.491 e. The maximum absolute atomic E-state index is 11.4. The van der Waals surface area contributed by atoms with Crippen molar-refractivity contribution in [2.24, 2.45) is 0 Å². The van der Waals surface area contributed by atoms with Crippen molar-refractivity contribution < 1.29 is 14.3 Å². The molecule has 1 rings (SSSR count). The van der Waals surface area contributed by atoms with Gasteiger partial charge in [0.05, 0.1) is 6.54 Å².